The summed E-state index contributed by atoms with van der Waals surface area (Å²) in [4.78, 5) is 0. The van der Waals surface area contributed by atoms with Gasteiger partial charge in [0.1, 0.15) is 0 Å². The van der Waals surface area contributed by atoms with E-state index in [0.717, 1.165) is 52.4 Å². The summed E-state index contributed by atoms with van der Waals surface area (Å²) >= 11 is 0. The number of benzene rings is 4. The molecule has 5 aliphatic heterocycles. The Morgan fingerprint density at radius 3 is 0.386 bits per heavy atom. The smallest absolute Gasteiger partial charge is 0.332 e. The van der Waals surface area contributed by atoms with Gasteiger partial charge in [-0.15, -0.1) is 0 Å². The molecular weight excluding hydrogens is 1140 g/mol. The third-order valence-corrected chi connectivity index (χ3v) is 89.2. The van der Waals surface area contributed by atoms with E-state index in [2.05, 4.69) is 236 Å². The van der Waals surface area contributed by atoms with Gasteiger partial charge in [0.05, 0.1) is 112 Å². The average molecular weight is 1250 g/mol. The van der Waals surface area contributed by atoms with E-state index < -0.39 is 29.7 Å². The second-order valence-corrected chi connectivity index (χ2v) is 52.0. The SMILES string of the molecule is CCN1c2ccccc2N(CC)[Si]12[Si]1(N(CC)c3ccccc3N1CC)[Si]1(N(CC)c3ccccc3N1CC)[Si]21N(CC)c2ccccc2N1CC.COCCOC.COCCOC.COCCOC.COCCOC.COCCOC.[K]. The van der Waals surface area contributed by atoms with Gasteiger partial charge in [-0.2, -0.15) is 0 Å². The van der Waals surface area contributed by atoms with Crippen LogP contribution in [0.1, 0.15) is 55.4 Å². The van der Waals surface area contributed by atoms with E-state index in [4.69, 9.17) is 0 Å². The molecule has 463 valence electrons. The molecule has 9 rings (SSSR count). The first kappa shape index (κ1) is 74.6. The summed E-state index contributed by atoms with van der Waals surface area (Å²) in [6.07, 6.45) is 0. The van der Waals surface area contributed by atoms with Gasteiger partial charge in [0.25, 0.3) is 0 Å². The second-order valence-electron chi connectivity index (χ2n) is 19.5. The fourth-order valence-corrected chi connectivity index (χ4v) is 131. The Kier molecular flexibility index (Phi) is 34.1. The number of para-hydroxylation sites is 8. The molecule has 1 fully saturated rings. The van der Waals surface area contributed by atoms with Crippen molar-refractivity contribution in [1.29, 1.82) is 0 Å². The number of methoxy groups -OCH3 is 10. The molecule has 83 heavy (non-hydrogen) atoms. The van der Waals surface area contributed by atoms with Crippen LogP contribution in [0.3, 0.4) is 0 Å². The largest absolute Gasteiger partial charge is 0.382 e. The molecule has 4 spiro atoms. The fraction of sp³-hybridized carbons (Fsp3) is 0.600. The maximum Gasteiger partial charge on any atom is 0.332 e. The molecule has 1 saturated heterocycles. The van der Waals surface area contributed by atoms with Gasteiger partial charge in [-0.3, -0.25) is 0 Å². The molecular formula is C60H106KN8O10Si4. The molecule has 0 aromatic heterocycles. The molecule has 0 aliphatic carbocycles. The quantitative estimate of drug-likeness (QED) is 0.0521. The van der Waals surface area contributed by atoms with Crippen LogP contribution >= 0.6 is 0 Å². The van der Waals surface area contributed by atoms with E-state index in [1.807, 2.05) is 0 Å². The predicted molar refractivity (Wildman–Crippen MR) is 357 cm³/mol. The molecule has 0 N–H and O–H groups in total. The first-order valence-electron chi connectivity index (χ1n) is 29.5. The van der Waals surface area contributed by atoms with Crippen LogP contribution in [0.5, 0.6) is 0 Å². The molecule has 1 radical (unpaired) electrons. The molecule has 4 aromatic rings. The number of hydrogen-bond donors (Lipinski definition) is 0. The molecule has 4 aromatic carbocycles. The average Bonchev–Trinajstić information content (AvgIpc) is 1.60. The van der Waals surface area contributed by atoms with E-state index in [1.54, 1.807) is 71.1 Å². The molecule has 5 aliphatic rings. The van der Waals surface area contributed by atoms with E-state index in [1.165, 1.54) is 45.5 Å². The summed E-state index contributed by atoms with van der Waals surface area (Å²) in [7, 11) is 5.02. The molecule has 0 saturated carbocycles. The minimum Gasteiger partial charge on any atom is -0.382 e. The van der Waals surface area contributed by atoms with Gasteiger partial charge in [0.2, 0.25) is 0 Å². The molecule has 0 unspecified atom stereocenters. The third-order valence-electron chi connectivity index (χ3n) is 15.9. The topological polar surface area (TPSA) is 118 Å². The van der Waals surface area contributed by atoms with Crippen LogP contribution in [0.25, 0.3) is 0 Å². The summed E-state index contributed by atoms with van der Waals surface area (Å²) in [5, 5.41) is 0. The minimum absolute atomic E-state index is 0. The van der Waals surface area contributed by atoms with Crippen molar-refractivity contribution < 1.29 is 47.4 Å². The summed E-state index contributed by atoms with van der Waals surface area (Å²) in [5.74, 6) is 0. The van der Waals surface area contributed by atoms with Gasteiger partial charge in [-0.1, -0.05) is 48.5 Å². The number of fused-ring (bicyclic) bond motifs is 8. The molecule has 5 heterocycles. The summed E-state index contributed by atoms with van der Waals surface area (Å²) in [6.45, 7) is 35.0. The molecule has 0 bridgehead atoms. The maximum atomic E-state index is 4.66. The Morgan fingerprint density at radius 1 is 0.217 bits per heavy atom. The van der Waals surface area contributed by atoms with E-state index >= 15 is 0 Å². The zero-order valence-corrected chi connectivity index (χ0v) is 61.7. The summed E-state index contributed by atoms with van der Waals surface area (Å²) < 4.78 is 71.8. The van der Waals surface area contributed by atoms with Crippen molar-refractivity contribution >= 4 is 127 Å². The predicted octanol–water partition coefficient (Wildman–Crippen LogP) is 8.56. The van der Waals surface area contributed by atoms with Crippen molar-refractivity contribution in [2.45, 2.75) is 55.4 Å². The number of rotatable bonds is 23. The number of anilines is 8. The second kappa shape index (κ2) is 37.9. The van der Waals surface area contributed by atoms with Crippen LogP contribution in [-0.2, 0) is 47.4 Å². The van der Waals surface area contributed by atoms with Gasteiger partial charge in [0.15, 0.2) is 0 Å². The van der Waals surface area contributed by atoms with Gasteiger partial charge >= 0.3 is 29.7 Å². The molecule has 0 atom stereocenters. The van der Waals surface area contributed by atoms with Gasteiger partial charge in [0, 0.05) is 175 Å². The van der Waals surface area contributed by atoms with Crippen LogP contribution < -0.4 is 36.5 Å². The van der Waals surface area contributed by atoms with E-state index in [0.29, 0.717) is 66.1 Å². The summed E-state index contributed by atoms with van der Waals surface area (Å²) in [6, 6.07) is 38.4. The van der Waals surface area contributed by atoms with Crippen LogP contribution in [0.2, 0.25) is 0 Å². The first-order valence-corrected chi connectivity index (χ1v) is 41.1. The first-order chi connectivity index (χ1) is 40.1. The van der Waals surface area contributed by atoms with Crippen LogP contribution in [-0.4, -0.2) is 271 Å². The van der Waals surface area contributed by atoms with Crippen LogP contribution in [0, 0.1) is 0 Å². The maximum absolute atomic E-state index is 4.66. The Labute approximate surface area is 547 Å². The van der Waals surface area contributed by atoms with Gasteiger partial charge in [-0.25, -0.2) is 0 Å². The molecule has 23 heteroatoms. The van der Waals surface area contributed by atoms with E-state index in [-0.39, 0.29) is 51.4 Å². The van der Waals surface area contributed by atoms with Crippen LogP contribution in [0.15, 0.2) is 97.1 Å². The van der Waals surface area contributed by atoms with Crippen molar-refractivity contribution in [1.82, 2.24) is 0 Å². The number of ether oxygens (including phenoxy) is 10. The standard InChI is InChI=1S/C40H56N8Si4.5C4H10O2.K/c1-9-41-33-25-17-18-26-34(33)42(10-2)49(41)50(43(11-3)35-27-19-20-28-36(35)44(50)12-4)52(47(15-7)39-31-23-24-32-40(39)48(52)16-8)51(49)45(13-5)37-29-21-22-30-38(37)46(51)14-6;5*1-5-3-4-6-2;/h17-32H,9-16H2,1-8H3;5*3-4H2,1-2H3;. The Hall–Kier alpha value is -2.62. The third kappa shape index (κ3) is 13.4. The van der Waals surface area contributed by atoms with Gasteiger partial charge in [-0.05, 0) is 104 Å². The Balaban J connectivity index is 0.000000480. The normalized spacial score (nSPS) is 16.1. The molecule has 0 amide bonds. The zero-order valence-electron chi connectivity index (χ0n) is 54.6. The van der Waals surface area contributed by atoms with Crippen molar-refractivity contribution in [3.63, 3.8) is 0 Å². The van der Waals surface area contributed by atoms with E-state index in [9.17, 15) is 0 Å². The monoisotopic (exact) mass is 1250 g/mol. The van der Waals surface area contributed by atoms with Crippen molar-refractivity contribution in [2.24, 2.45) is 0 Å². The number of hydrogen-bond acceptors (Lipinski definition) is 18. The Morgan fingerprint density at radius 2 is 0.313 bits per heavy atom. The Bertz CT molecular complexity index is 1940. The van der Waals surface area contributed by atoms with Crippen LogP contribution in [0.4, 0.5) is 45.5 Å². The minimum atomic E-state index is -2.88. The zero-order chi connectivity index (χ0) is 60.4. The van der Waals surface area contributed by atoms with Crippen molar-refractivity contribution in [2.75, 3.05) is 226 Å². The summed E-state index contributed by atoms with van der Waals surface area (Å²) in [5.41, 5.74) is 11.8. The number of nitrogens with zero attached hydrogens (tertiary/aromatic N) is 8. The molecule has 18 nitrogen and oxygen atoms in total. The van der Waals surface area contributed by atoms with Crippen molar-refractivity contribution in [3.05, 3.63) is 97.1 Å². The van der Waals surface area contributed by atoms with Crippen molar-refractivity contribution in [3.8, 4) is 0 Å². The fourth-order valence-electron chi connectivity index (χ4n) is 13.6. The van der Waals surface area contributed by atoms with Gasteiger partial charge < -0.3 is 83.9 Å².